The Kier molecular flexibility index (Phi) is 7.71. The molecule has 1 aliphatic heterocycles. The van der Waals surface area contributed by atoms with Crippen molar-refractivity contribution < 1.29 is 23.1 Å². The van der Waals surface area contributed by atoms with Crippen LogP contribution in [0.25, 0.3) is 0 Å². The SMILES string of the molecule is C=C/C=C(\C=C/C)SCC1(O)CN(C(=O)c2ccc(F)c(F)c2Nc2ccc(C)cc2F)C1. The molecule has 0 spiro atoms. The number of benzene rings is 2. The molecule has 1 amide bonds. The van der Waals surface area contributed by atoms with Gasteiger partial charge in [-0.1, -0.05) is 30.9 Å². The molecule has 33 heavy (non-hydrogen) atoms. The number of aryl methyl sites for hydroxylation is 1. The number of anilines is 2. The number of carbonyl (C=O) groups is 1. The van der Waals surface area contributed by atoms with Crippen LogP contribution in [0.2, 0.25) is 0 Å². The Morgan fingerprint density at radius 3 is 2.61 bits per heavy atom. The van der Waals surface area contributed by atoms with E-state index in [0.717, 1.165) is 17.0 Å². The number of thioether (sulfide) groups is 1. The molecule has 0 atom stereocenters. The first-order valence-electron chi connectivity index (χ1n) is 10.3. The summed E-state index contributed by atoms with van der Waals surface area (Å²) in [5, 5.41) is 13.3. The lowest BCUT2D eigenvalue weighted by Crippen LogP contribution is -2.64. The summed E-state index contributed by atoms with van der Waals surface area (Å²) in [6.45, 7) is 7.31. The van der Waals surface area contributed by atoms with Crippen molar-refractivity contribution in [2.75, 3.05) is 24.2 Å². The van der Waals surface area contributed by atoms with Crippen molar-refractivity contribution in [3.8, 4) is 0 Å². The van der Waals surface area contributed by atoms with Gasteiger partial charge in [0.25, 0.3) is 5.91 Å². The Balaban J connectivity index is 1.76. The molecule has 0 radical (unpaired) electrons. The van der Waals surface area contributed by atoms with Crippen molar-refractivity contribution in [2.45, 2.75) is 19.4 Å². The number of carbonyl (C=O) groups excluding carboxylic acids is 1. The molecule has 8 heteroatoms. The topological polar surface area (TPSA) is 52.6 Å². The van der Waals surface area contributed by atoms with Crippen LogP contribution in [0.1, 0.15) is 22.8 Å². The summed E-state index contributed by atoms with van der Waals surface area (Å²) in [5.74, 6) is -3.34. The van der Waals surface area contributed by atoms with Gasteiger partial charge in [0.1, 0.15) is 11.4 Å². The van der Waals surface area contributed by atoms with Crippen molar-refractivity contribution in [3.05, 3.63) is 94.7 Å². The van der Waals surface area contributed by atoms with E-state index in [1.54, 1.807) is 19.1 Å². The lowest BCUT2D eigenvalue weighted by molar-refractivity contribution is -0.0631. The van der Waals surface area contributed by atoms with Gasteiger partial charge < -0.3 is 15.3 Å². The Morgan fingerprint density at radius 1 is 1.24 bits per heavy atom. The highest BCUT2D eigenvalue weighted by Gasteiger charge is 2.44. The molecule has 1 fully saturated rings. The van der Waals surface area contributed by atoms with Gasteiger partial charge in [-0.3, -0.25) is 4.79 Å². The van der Waals surface area contributed by atoms with E-state index in [2.05, 4.69) is 11.9 Å². The second-order valence-corrected chi connectivity index (χ2v) is 8.92. The third-order valence-corrected chi connectivity index (χ3v) is 6.37. The molecule has 2 aromatic rings. The fourth-order valence-electron chi connectivity index (χ4n) is 3.43. The molecule has 0 aliphatic carbocycles. The number of hydrogen-bond acceptors (Lipinski definition) is 4. The number of hydrogen-bond donors (Lipinski definition) is 2. The fourth-order valence-corrected chi connectivity index (χ4v) is 4.47. The smallest absolute Gasteiger partial charge is 0.256 e. The first kappa shape index (κ1) is 24.7. The standard InChI is InChI=1S/C25H25F3N2O2S/c1-4-6-17(7-5-2)33-15-25(32)13-30(14-25)24(31)18-9-10-19(26)22(28)23(18)29-21-11-8-16(3)12-20(21)27/h4-12,29,32H,1,13-15H2,2-3H3/b7-5-,17-6+. The van der Waals surface area contributed by atoms with Gasteiger partial charge >= 0.3 is 0 Å². The minimum Gasteiger partial charge on any atom is -0.385 e. The number of likely N-dealkylation sites (tertiary alicyclic amines) is 1. The van der Waals surface area contributed by atoms with Crippen molar-refractivity contribution in [1.29, 1.82) is 0 Å². The molecule has 2 N–H and O–H groups in total. The van der Waals surface area contributed by atoms with Gasteiger partial charge in [0.2, 0.25) is 0 Å². The van der Waals surface area contributed by atoms with Crippen LogP contribution in [0.5, 0.6) is 0 Å². The molecule has 0 unspecified atom stereocenters. The summed E-state index contributed by atoms with van der Waals surface area (Å²) in [6.07, 6.45) is 7.23. The van der Waals surface area contributed by atoms with Crippen LogP contribution in [-0.2, 0) is 0 Å². The van der Waals surface area contributed by atoms with Crippen LogP contribution in [0.15, 0.2) is 66.1 Å². The van der Waals surface area contributed by atoms with E-state index in [9.17, 15) is 23.1 Å². The fraction of sp³-hybridized carbons (Fsp3) is 0.240. The maximum absolute atomic E-state index is 14.6. The molecule has 1 aliphatic rings. The number of halogens is 3. The third-order valence-electron chi connectivity index (χ3n) is 5.09. The number of allylic oxidation sites excluding steroid dienone is 4. The molecule has 0 saturated carbocycles. The van der Waals surface area contributed by atoms with Crippen LogP contribution in [0, 0.1) is 24.4 Å². The van der Waals surface area contributed by atoms with Crippen molar-refractivity contribution in [1.82, 2.24) is 4.90 Å². The van der Waals surface area contributed by atoms with E-state index >= 15 is 0 Å². The number of β-amino-alcohol motifs (C(OH)–C–C–N with tert-alkyl or cyclic N) is 1. The number of rotatable bonds is 8. The van der Waals surface area contributed by atoms with E-state index in [4.69, 9.17) is 0 Å². The summed E-state index contributed by atoms with van der Waals surface area (Å²) in [5.41, 5.74) is -1.13. The summed E-state index contributed by atoms with van der Waals surface area (Å²) in [6, 6.07) is 6.25. The van der Waals surface area contributed by atoms with Gasteiger partial charge in [-0.25, -0.2) is 13.2 Å². The number of amides is 1. The molecule has 174 valence electrons. The summed E-state index contributed by atoms with van der Waals surface area (Å²) >= 11 is 1.43. The highest BCUT2D eigenvalue weighted by Crippen LogP contribution is 2.33. The minimum absolute atomic E-state index is 0.0351. The first-order valence-corrected chi connectivity index (χ1v) is 11.3. The predicted molar refractivity (Wildman–Crippen MR) is 127 cm³/mol. The average molecular weight is 475 g/mol. The van der Waals surface area contributed by atoms with E-state index < -0.39 is 34.6 Å². The van der Waals surface area contributed by atoms with E-state index in [1.807, 2.05) is 25.2 Å². The third kappa shape index (κ3) is 5.69. The van der Waals surface area contributed by atoms with E-state index in [0.29, 0.717) is 11.3 Å². The average Bonchev–Trinajstić information content (AvgIpc) is 2.75. The molecule has 0 aromatic heterocycles. The Hall–Kier alpha value is -2.97. The first-order chi connectivity index (χ1) is 15.7. The molecule has 2 aromatic carbocycles. The van der Waals surface area contributed by atoms with Gasteiger partial charge in [-0.2, -0.15) is 0 Å². The molecular formula is C25H25F3N2O2S. The predicted octanol–water partition coefficient (Wildman–Crippen LogP) is 5.72. The molecular weight excluding hydrogens is 449 g/mol. The highest BCUT2D eigenvalue weighted by molar-refractivity contribution is 8.03. The Bertz CT molecular complexity index is 1120. The van der Waals surface area contributed by atoms with E-state index in [1.165, 1.54) is 28.8 Å². The van der Waals surface area contributed by atoms with Crippen molar-refractivity contribution >= 4 is 29.0 Å². The van der Waals surface area contributed by atoms with Crippen LogP contribution < -0.4 is 5.32 Å². The summed E-state index contributed by atoms with van der Waals surface area (Å²) < 4.78 is 42.8. The molecule has 1 saturated heterocycles. The minimum atomic E-state index is -1.28. The van der Waals surface area contributed by atoms with Gasteiger partial charge in [0.15, 0.2) is 11.6 Å². The zero-order chi connectivity index (χ0) is 24.2. The maximum atomic E-state index is 14.6. The second-order valence-electron chi connectivity index (χ2n) is 7.87. The van der Waals surface area contributed by atoms with Crippen molar-refractivity contribution in [3.63, 3.8) is 0 Å². The monoisotopic (exact) mass is 474 g/mol. The molecule has 4 nitrogen and oxygen atoms in total. The van der Waals surface area contributed by atoms with Gasteiger partial charge in [0, 0.05) is 10.7 Å². The number of aliphatic hydroxyl groups is 1. The normalized spacial score (nSPS) is 15.5. The van der Waals surface area contributed by atoms with Crippen LogP contribution in [-0.4, -0.2) is 40.4 Å². The highest BCUT2D eigenvalue weighted by atomic mass is 32.2. The largest absolute Gasteiger partial charge is 0.385 e. The molecule has 1 heterocycles. The zero-order valence-corrected chi connectivity index (χ0v) is 19.2. The number of nitrogens with one attached hydrogen (secondary N) is 1. The quantitative estimate of drug-likeness (QED) is 0.481. The van der Waals surface area contributed by atoms with Crippen LogP contribution >= 0.6 is 11.8 Å². The molecule has 0 bridgehead atoms. The Labute approximate surface area is 195 Å². The van der Waals surface area contributed by atoms with Crippen LogP contribution in [0.3, 0.4) is 0 Å². The van der Waals surface area contributed by atoms with Gasteiger partial charge in [-0.05, 0) is 49.8 Å². The summed E-state index contributed by atoms with van der Waals surface area (Å²) in [7, 11) is 0. The van der Waals surface area contributed by atoms with Crippen molar-refractivity contribution in [2.24, 2.45) is 0 Å². The van der Waals surface area contributed by atoms with Gasteiger partial charge in [-0.15, -0.1) is 11.8 Å². The zero-order valence-electron chi connectivity index (χ0n) is 18.4. The number of nitrogens with zero attached hydrogens (tertiary/aromatic N) is 1. The second kappa shape index (κ2) is 10.3. The van der Waals surface area contributed by atoms with Crippen LogP contribution in [0.4, 0.5) is 24.5 Å². The van der Waals surface area contributed by atoms with Gasteiger partial charge in [0.05, 0.1) is 30.0 Å². The molecule has 3 rings (SSSR count). The summed E-state index contributed by atoms with van der Waals surface area (Å²) in [4.78, 5) is 15.3. The Morgan fingerprint density at radius 2 is 1.97 bits per heavy atom. The lowest BCUT2D eigenvalue weighted by Gasteiger charge is -2.46. The maximum Gasteiger partial charge on any atom is 0.256 e. The lowest BCUT2D eigenvalue weighted by atomic mass is 9.95. The van der Waals surface area contributed by atoms with E-state index in [-0.39, 0.29) is 24.3 Å².